The Hall–Kier alpha value is -0.0400. The lowest BCUT2D eigenvalue weighted by molar-refractivity contribution is -0.121. The van der Waals surface area contributed by atoms with Crippen LogP contribution in [0.1, 0.15) is 46.0 Å². The highest BCUT2D eigenvalue weighted by Crippen LogP contribution is 2.68. The summed E-state index contributed by atoms with van der Waals surface area (Å²) >= 11 is 0. The van der Waals surface area contributed by atoms with Crippen molar-refractivity contribution in [2.24, 2.45) is 22.7 Å². The normalized spacial score (nSPS) is 64.4. The molecule has 1 nitrogen and oxygen atoms in total. The van der Waals surface area contributed by atoms with Crippen LogP contribution in [0.3, 0.4) is 0 Å². The van der Waals surface area contributed by atoms with E-state index >= 15 is 0 Å². The molecular formula is C12H20O. The maximum absolute atomic E-state index is 10.1. The molecule has 4 saturated carbocycles. The molecule has 1 heteroatoms. The van der Waals surface area contributed by atoms with Crippen LogP contribution in [0.4, 0.5) is 0 Å². The molecule has 0 aromatic rings. The van der Waals surface area contributed by atoms with Gasteiger partial charge in [0, 0.05) is 0 Å². The van der Waals surface area contributed by atoms with Gasteiger partial charge in [-0.1, -0.05) is 13.8 Å². The van der Waals surface area contributed by atoms with Gasteiger partial charge in [0.1, 0.15) is 0 Å². The number of hydrogen-bond donors (Lipinski definition) is 1. The minimum absolute atomic E-state index is 0.0185. The third-order valence-electron chi connectivity index (χ3n) is 5.24. The first kappa shape index (κ1) is 8.28. The summed E-state index contributed by atoms with van der Waals surface area (Å²) in [6.45, 7) is 4.83. The van der Waals surface area contributed by atoms with Crippen LogP contribution in [0.15, 0.2) is 0 Å². The van der Waals surface area contributed by atoms with E-state index in [1.165, 1.54) is 25.7 Å². The quantitative estimate of drug-likeness (QED) is 0.607. The number of fused-ring (bicyclic) bond motifs is 1. The van der Waals surface area contributed by atoms with Crippen molar-refractivity contribution in [3.8, 4) is 0 Å². The highest BCUT2D eigenvalue weighted by atomic mass is 16.3. The van der Waals surface area contributed by atoms with E-state index in [0.717, 1.165) is 12.3 Å². The van der Waals surface area contributed by atoms with Crippen LogP contribution in [-0.2, 0) is 0 Å². The summed E-state index contributed by atoms with van der Waals surface area (Å²) in [4.78, 5) is 0. The fraction of sp³-hybridized carbons (Fsp3) is 1.00. The number of rotatable bonds is 0. The van der Waals surface area contributed by atoms with Crippen LogP contribution >= 0.6 is 0 Å². The first-order chi connectivity index (χ1) is 6.04. The third kappa shape index (κ3) is 0.869. The van der Waals surface area contributed by atoms with Gasteiger partial charge in [-0.15, -0.1) is 0 Å². The van der Waals surface area contributed by atoms with Crippen molar-refractivity contribution < 1.29 is 5.11 Å². The van der Waals surface area contributed by atoms with Gasteiger partial charge < -0.3 is 5.11 Å². The maximum atomic E-state index is 10.1. The van der Waals surface area contributed by atoms with E-state index < -0.39 is 0 Å². The second kappa shape index (κ2) is 2.13. The van der Waals surface area contributed by atoms with Gasteiger partial charge in [-0.2, -0.15) is 0 Å². The molecule has 0 radical (unpaired) electrons. The van der Waals surface area contributed by atoms with E-state index in [1.54, 1.807) is 0 Å². The van der Waals surface area contributed by atoms with Crippen LogP contribution in [0, 0.1) is 22.7 Å². The molecule has 4 bridgehead atoms. The van der Waals surface area contributed by atoms with Crippen LogP contribution in [0.2, 0.25) is 0 Å². The fourth-order valence-corrected chi connectivity index (χ4v) is 5.15. The van der Waals surface area contributed by atoms with Crippen LogP contribution in [0.5, 0.6) is 0 Å². The molecule has 13 heavy (non-hydrogen) atoms. The Labute approximate surface area is 80.5 Å². The molecule has 4 aliphatic rings. The zero-order valence-electron chi connectivity index (χ0n) is 8.71. The maximum Gasteiger partial charge on any atom is 0.0581 e. The molecule has 0 heterocycles. The molecule has 4 fully saturated rings. The Balaban J connectivity index is 2.07. The lowest BCUT2D eigenvalue weighted by Crippen LogP contribution is -2.52. The standard InChI is InChI=1S/C12H20O/c1-11-3-4-12(2)7-8(6-11)5-9(13)10(11)12/h8-10,13H,3-7H2,1-2H3. The minimum Gasteiger partial charge on any atom is -0.393 e. The smallest absolute Gasteiger partial charge is 0.0581 e. The van der Waals surface area contributed by atoms with Crippen molar-refractivity contribution in [1.82, 2.24) is 0 Å². The van der Waals surface area contributed by atoms with E-state index in [0.29, 0.717) is 16.7 Å². The summed E-state index contributed by atoms with van der Waals surface area (Å²) < 4.78 is 0. The zero-order valence-corrected chi connectivity index (χ0v) is 8.71. The average Bonchev–Trinajstić information content (AvgIpc) is 2.17. The summed E-state index contributed by atoms with van der Waals surface area (Å²) in [7, 11) is 0. The highest BCUT2D eigenvalue weighted by Gasteiger charge is 2.62. The second-order valence-corrected chi connectivity index (χ2v) is 6.36. The Morgan fingerprint density at radius 2 is 1.62 bits per heavy atom. The zero-order chi connectivity index (χ0) is 9.27. The van der Waals surface area contributed by atoms with Gasteiger partial charge in [0.25, 0.3) is 0 Å². The molecule has 3 unspecified atom stereocenters. The van der Waals surface area contributed by atoms with Crippen molar-refractivity contribution in [2.75, 3.05) is 0 Å². The van der Waals surface area contributed by atoms with Gasteiger partial charge in [0.2, 0.25) is 0 Å². The number of aliphatic hydroxyl groups is 1. The summed E-state index contributed by atoms with van der Waals surface area (Å²) in [5.41, 5.74) is 0.991. The molecule has 0 saturated heterocycles. The van der Waals surface area contributed by atoms with Crippen molar-refractivity contribution in [1.29, 1.82) is 0 Å². The van der Waals surface area contributed by atoms with Crippen molar-refractivity contribution in [2.45, 2.75) is 52.1 Å². The van der Waals surface area contributed by atoms with Crippen LogP contribution < -0.4 is 0 Å². The van der Waals surface area contributed by atoms with Gasteiger partial charge in [0.05, 0.1) is 6.10 Å². The molecule has 0 spiro atoms. The van der Waals surface area contributed by atoms with Crippen molar-refractivity contribution in [3.63, 3.8) is 0 Å². The first-order valence-electron chi connectivity index (χ1n) is 5.72. The lowest BCUT2D eigenvalue weighted by Gasteiger charge is -2.55. The monoisotopic (exact) mass is 180 g/mol. The largest absolute Gasteiger partial charge is 0.393 e. The Kier molecular flexibility index (Phi) is 1.36. The molecule has 74 valence electrons. The lowest BCUT2D eigenvalue weighted by atomic mass is 9.51. The molecule has 0 aromatic carbocycles. The predicted octanol–water partition coefficient (Wildman–Crippen LogP) is 2.58. The molecule has 4 rings (SSSR count). The summed E-state index contributed by atoms with van der Waals surface area (Å²) in [5, 5.41) is 10.1. The van der Waals surface area contributed by atoms with E-state index in [4.69, 9.17) is 0 Å². The first-order valence-corrected chi connectivity index (χ1v) is 5.72. The van der Waals surface area contributed by atoms with Crippen molar-refractivity contribution >= 4 is 0 Å². The second-order valence-electron chi connectivity index (χ2n) is 6.36. The molecule has 0 aliphatic heterocycles. The van der Waals surface area contributed by atoms with E-state index in [2.05, 4.69) is 13.8 Å². The summed E-state index contributed by atoms with van der Waals surface area (Å²) in [6.07, 6.45) is 6.62. The van der Waals surface area contributed by atoms with E-state index in [1.807, 2.05) is 0 Å². The third-order valence-corrected chi connectivity index (χ3v) is 5.24. The molecule has 4 aliphatic carbocycles. The highest BCUT2D eigenvalue weighted by molar-refractivity contribution is 5.12. The van der Waals surface area contributed by atoms with Gasteiger partial charge in [-0.25, -0.2) is 0 Å². The molecule has 0 aromatic heterocycles. The Bertz CT molecular complexity index is 230. The van der Waals surface area contributed by atoms with E-state index in [-0.39, 0.29) is 6.10 Å². The predicted molar refractivity (Wildman–Crippen MR) is 52.3 cm³/mol. The molecule has 1 N–H and O–H groups in total. The van der Waals surface area contributed by atoms with Crippen LogP contribution in [0.25, 0.3) is 0 Å². The average molecular weight is 180 g/mol. The molecule has 3 atom stereocenters. The van der Waals surface area contributed by atoms with Crippen LogP contribution in [-0.4, -0.2) is 11.2 Å². The van der Waals surface area contributed by atoms with E-state index in [9.17, 15) is 5.11 Å². The Morgan fingerprint density at radius 3 is 2.00 bits per heavy atom. The number of aliphatic hydroxyl groups excluding tert-OH is 1. The van der Waals surface area contributed by atoms with Gasteiger partial charge >= 0.3 is 0 Å². The van der Waals surface area contributed by atoms with Gasteiger partial charge in [-0.3, -0.25) is 0 Å². The molecule has 0 amide bonds. The summed E-state index contributed by atoms with van der Waals surface area (Å²) in [5.74, 6) is 1.45. The number of hydrogen-bond acceptors (Lipinski definition) is 1. The topological polar surface area (TPSA) is 20.2 Å². The Morgan fingerprint density at radius 1 is 1.08 bits per heavy atom. The fourth-order valence-electron chi connectivity index (χ4n) is 5.15. The minimum atomic E-state index is 0.0185. The SMILES string of the molecule is CC12CCC3(C)CC(CC(O)C13)C2. The summed E-state index contributed by atoms with van der Waals surface area (Å²) in [6, 6.07) is 0. The van der Waals surface area contributed by atoms with Gasteiger partial charge in [0.15, 0.2) is 0 Å². The van der Waals surface area contributed by atoms with Crippen molar-refractivity contribution in [3.05, 3.63) is 0 Å². The molecular weight excluding hydrogens is 160 g/mol. The van der Waals surface area contributed by atoms with Gasteiger partial charge in [-0.05, 0) is 54.8 Å².